The van der Waals surface area contributed by atoms with Gasteiger partial charge in [0, 0.05) is 24.2 Å². The predicted octanol–water partition coefficient (Wildman–Crippen LogP) is 4.41. The highest BCUT2D eigenvalue weighted by Crippen LogP contribution is 2.39. The third kappa shape index (κ3) is 5.25. The van der Waals surface area contributed by atoms with Crippen molar-refractivity contribution < 1.29 is 32.2 Å². The number of hydrogen-bond donors (Lipinski definition) is 1. The molecule has 1 N–H and O–H groups in total. The number of urea groups is 1. The minimum Gasteiger partial charge on any atom is -0.497 e. The Morgan fingerprint density at radius 3 is 2.67 bits per heavy atom. The first-order valence-electron chi connectivity index (χ1n) is 9.26. The SMILES string of the molecule is COc1ccc([C@H]2CCCN2C(=O)Nc2ccc(OCC(F)(F)F)nc2)c(OC)c1. The number of carbonyl (C=O) groups is 1. The number of nitrogens with zero attached hydrogens (tertiary/aromatic N) is 2. The molecule has 1 aliphatic heterocycles. The molecule has 2 heterocycles. The number of rotatable bonds is 6. The van der Waals surface area contributed by atoms with Gasteiger partial charge in [-0.25, -0.2) is 9.78 Å². The Bertz CT molecular complexity index is 875. The van der Waals surface area contributed by atoms with Crippen LogP contribution < -0.4 is 19.5 Å². The summed E-state index contributed by atoms with van der Waals surface area (Å²) >= 11 is 0. The van der Waals surface area contributed by atoms with Crippen molar-refractivity contribution in [1.82, 2.24) is 9.88 Å². The lowest BCUT2D eigenvalue weighted by Gasteiger charge is -2.26. The fraction of sp³-hybridized carbons (Fsp3) is 0.400. The van der Waals surface area contributed by atoms with Crippen LogP contribution in [-0.4, -0.2) is 49.5 Å². The number of amides is 2. The van der Waals surface area contributed by atoms with Crippen LogP contribution in [0.25, 0.3) is 0 Å². The zero-order valence-corrected chi connectivity index (χ0v) is 16.5. The maximum Gasteiger partial charge on any atom is 0.422 e. The number of methoxy groups -OCH3 is 2. The Morgan fingerprint density at radius 1 is 1.23 bits per heavy atom. The van der Waals surface area contributed by atoms with Gasteiger partial charge in [0.25, 0.3) is 0 Å². The van der Waals surface area contributed by atoms with Crippen LogP contribution in [0.2, 0.25) is 0 Å². The van der Waals surface area contributed by atoms with Crippen LogP contribution in [-0.2, 0) is 0 Å². The fourth-order valence-corrected chi connectivity index (χ4v) is 3.32. The van der Waals surface area contributed by atoms with E-state index in [2.05, 4.69) is 15.0 Å². The van der Waals surface area contributed by atoms with Crippen molar-refractivity contribution in [2.75, 3.05) is 32.7 Å². The molecule has 0 bridgehead atoms. The highest BCUT2D eigenvalue weighted by Gasteiger charge is 2.32. The number of likely N-dealkylation sites (tertiary alicyclic amines) is 1. The topological polar surface area (TPSA) is 72.9 Å². The van der Waals surface area contributed by atoms with Crippen LogP contribution in [0.1, 0.15) is 24.4 Å². The van der Waals surface area contributed by atoms with Crippen molar-refractivity contribution in [3.63, 3.8) is 0 Å². The smallest absolute Gasteiger partial charge is 0.422 e. The quantitative estimate of drug-likeness (QED) is 0.742. The highest BCUT2D eigenvalue weighted by atomic mass is 19.4. The lowest BCUT2D eigenvalue weighted by molar-refractivity contribution is -0.154. The first-order chi connectivity index (χ1) is 14.3. The number of halogens is 3. The minimum atomic E-state index is -4.44. The molecule has 3 rings (SSSR count). The van der Waals surface area contributed by atoms with Gasteiger partial charge in [0.05, 0.1) is 32.1 Å². The van der Waals surface area contributed by atoms with Crippen LogP contribution in [0.15, 0.2) is 36.5 Å². The summed E-state index contributed by atoms with van der Waals surface area (Å²) in [5.41, 5.74) is 1.23. The van der Waals surface area contributed by atoms with Crippen LogP contribution >= 0.6 is 0 Å². The van der Waals surface area contributed by atoms with Gasteiger partial charge >= 0.3 is 12.2 Å². The van der Waals surface area contributed by atoms with Gasteiger partial charge in [-0.2, -0.15) is 13.2 Å². The first kappa shape index (κ1) is 21.5. The number of hydrogen-bond acceptors (Lipinski definition) is 5. The molecule has 2 aromatic rings. The lowest BCUT2D eigenvalue weighted by Crippen LogP contribution is -2.34. The average molecular weight is 425 g/mol. The fourth-order valence-electron chi connectivity index (χ4n) is 3.32. The van der Waals surface area contributed by atoms with Gasteiger partial charge in [-0.1, -0.05) is 0 Å². The largest absolute Gasteiger partial charge is 0.497 e. The van der Waals surface area contributed by atoms with Crippen molar-refractivity contribution in [2.24, 2.45) is 0 Å². The number of aromatic nitrogens is 1. The lowest BCUT2D eigenvalue weighted by atomic mass is 10.0. The minimum absolute atomic E-state index is 0.173. The van der Waals surface area contributed by atoms with Gasteiger partial charge in [0.2, 0.25) is 5.88 Å². The molecule has 2 amide bonds. The van der Waals surface area contributed by atoms with Crippen molar-refractivity contribution in [1.29, 1.82) is 0 Å². The Labute approximate surface area is 171 Å². The molecule has 1 aliphatic rings. The third-order valence-corrected chi connectivity index (χ3v) is 4.68. The zero-order chi connectivity index (χ0) is 21.7. The molecule has 1 aromatic heterocycles. The van der Waals surface area contributed by atoms with Gasteiger partial charge in [0.1, 0.15) is 11.5 Å². The number of ether oxygens (including phenoxy) is 3. The molecule has 7 nitrogen and oxygen atoms in total. The van der Waals surface area contributed by atoms with Crippen molar-refractivity contribution in [3.8, 4) is 17.4 Å². The van der Waals surface area contributed by atoms with E-state index in [-0.39, 0.29) is 18.0 Å². The van der Waals surface area contributed by atoms with Gasteiger partial charge in [-0.15, -0.1) is 0 Å². The molecule has 1 aromatic carbocycles. The molecule has 1 saturated heterocycles. The summed E-state index contributed by atoms with van der Waals surface area (Å²) in [6.07, 6.45) is -1.58. The Morgan fingerprint density at radius 2 is 2.03 bits per heavy atom. The molecular formula is C20H22F3N3O4. The molecule has 30 heavy (non-hydrogen) atoms. The van der Waals surface area contributed by atoms with E-state index in [0.29, 0.717) is 23.7 Å². The van der Waals surface area contributed by atoms with Crippen LogP contribution in [0, 0.1) is 0 Å². The summed E-state index contributed by atoms with van der Waals surface area (Å²) in [7, 11) is 3.13. The Kier molecular flexibility index (Phi) is 6.53. The van der Waals surface area contributed by atoms with Gasteiger partial charge in [0.15, 0.2) is 6.61 Å². The molecule has 0 spiro atoms. The van der Waals surface area contributed by atoms with E-state index in [1.807, 2.05) is 12.1 Å². The second-order valence-corrected chi connectivity index (χ2v) is 6.68. The predicted molar refractivity (Wildman–Crippen MR) is 103 cm³/mol. The summed E-state index contributed by atoms with van der Waals surface area (Å²) in [4.78, 5) is 18.3. The molecule has 10 heteroatoms. The number of alkyl halides is 3. The van der Waals surface area contributed by atoms with Crippen molar-refractivity contribution >= 4 is 11.7 Å². The van der Waals surface area contributed by atoms with E-state index in [1.54, 1.807) is 25.2 Å². The molecule has 0 saturated carbocycles. The highest BCUT2D eigenvalue weighted by molar-refractivity contribution is 5.89. The standard InChI is InChI=1S/C20H22F3N3O4/c1-28-14-6-7-15(17(10-14)29-2)16-4-3-9-26(16)19(27)25-13-5-8-18(24-11-13)30-12-20(21,22)23/h5-8,10-11,16H,3-4,9,12H2,1-2H3,(H,25,27)/t16-/m1/s1. The van der Waals surface area contributed by atoms with E-state index in [1.165, 1.54) is 18.3 Å². The van der Waals surface area contributed by atoms with Crippen molar-refractivity contribution in [2.45, 2.75) is 25.1 Å². The van der Waals surface area contributed by atoms with Gasteiger partial charge in [-0.05, 0) is 31.0 Å². The molecule has 0 radical (unpaired) electrons. The van der Waals surface area contributed by atoms with E-state index >= 15 is 0 Å². The maximum atomic E-state index is 12.8. The summed E-state index contributed by atoms with van der Waals surface area (Å²) in [6.45, 7) is -0.864. The number of carbonyl (C=O) groups excluding carboxylic acids is 1. The summed E-state index contributed by atoms with van der Waals surface area (Å²) in [6, 6.07) is 7.67. The molecular weight excluding hydrogens is 403 g/mol. The van der Waals surface area contributed by atoms with E-state index in [4.69, 9.17) is 9.47 Å². The Balaban J connectivity index is 1.68. The van der Waals surface area contributed by atoms with E-state index in [9.17, 15) is 18.0 Å². The molecule has 0 aliphatic carbocycles. The first-order valence-corrected chi connectivity index (χ1v) is 9.26. The number of benzene rings is 1. The molecule has 1 fully saturated rings. The van der Waals surface area contributed by atoms with Crippen LogP contribution in [0.3, 0.4) is 0 Å². The summed E-state index contributed by atoms with van der Waals surface area (Å²) < 4.78 is 51.9. The normalized spacial score (nSPS) is 16.3. The van der Waals surface area contributed by atoms with Gasteiger partial charge < -0.3 is 24.4 Å². The summed E-state index contributed by atoms with van der Waals surface area (Å²) in [5.74, 6) is 1.11. The number of anilines is 1. The number of pyridine rings is 1. The molecule has 0 unspecified atom stereocenters. The van der Waals surface area contributed by atoms with Crippen LogP contribution in [0.5, 0.6) is 17.4 Å². The Hall–Kier alpha value is -3.17. The second-order valence-electron chi connectivity index (χ2n) is 6.68. The summed E-state index contributed by atoms with van der Waals surface area (Å²) in [5, 5.41) is 2.72. The zero-order valence-electron chi connectivity index (χ0n) is 16.5. The number of nitrogens with one attached hydrogen (secondary N) is 1. The maximum absolute atomic E-state index is 12.8. The molecule has 162 valence electrons. The van der Waals surface area contributed by atoms with Crippen molar-refractivity contribution in [3.05, 3.63) is 42.1 Å². The van der Waals surface area contributed by atoms with Crippen LogP contribution in [0.4, 0.5) is 23.7 Å². The molecule has 1 atom stereocenters. The average Bonchev–Trinajstić information content (AvgIpc) is 3.22. The van der Waals surface area contributed by atoms with Gasteiger partial charge in [-0.3, -0.25) is 0 Å². The third-order valence-electron chi connectivity index (χ3n) is 4.68. The van der Waals surface area contributed by atoms with E-state index < -0.39 is 12.8 Å². The van der Waals surface area contributed by atoms with E-state index in [0.717, 1.165) is 18.4 Å². The second kappa shape index (κ2) is 9.10. The monoisotopic (exact) mass is 425 g/mol.